The van der Waals surface area contributed by atoms with Gasteiger partial charge in [-0.3, -0.25) is 14.7 Å². The zero-order valence-electron chi connectivity index (χ0n) is 16.6. The third-order valence-electron chi connectivity index (χ3n) is 4.35. The van der Waals surface area contributed by atoms with Crippen LogP contribution in [0.2, 0.25) is 0 Å². The molecule has 0 spiro atoms. The van der Waals surface area contributed by atoms with Gasteiger partial charge in [0.25, 0.3) is 0 Å². The monoisotopic (exact) mass is 432 g/mol. The maximum absolute atomic E-state index is 13.2. The molecular weight excluding hydrogens is 413 g/mol. The molecule has 0 saturated carbocycles. The smallest absolute Gasteiger partial charge is 0.416 e. The molecule has 162 valence electrons. The molecular formula is C22H19F3N2O4. The van der Waals surface area contributed by atoms with E-state index in [1.54, 1.807) is 37.3 Å². The van der Waals surface area contributed by atoms with Gasteiger partial charge < -0.3 is 9.47 Å². The number of esters is 1. The quantitative estimate of drug-likeness (QED) is 0.515. The summed E-state index contributed by atoms with van der Waals surface area (Å²) < 4.78 is 49.9. The summed E-state index contributed by atoms with van der Waals surface area (Å²) in [7, 11) is 0. The fraction of sp³-hybridized carbons (Fsp3) is 0.227. The van der Waals surface area contributed by atoms with Gasteiger partial charge in [0.05, 0.1) is 23.4 Å². The van der Waals surface area contributed by atoms with Gasteiger partial charge in [-0.15, -0.1) is 0 Å². The van der Waals surface area contributed by atoms with E-state index < -0.39 is 30.3 Å². The van der Waals surface area contributed by atoms with E-state index in [1.165, 1.54) is 18.3 Å². The van der Waals surface area contributed by atoms with Crippen molar-refractivity contribution in [2.75, 3.05) is 18.1 Å². The van der Waals surface area contributed by atoms with Crippen LogP contribution in [0.1, 0.15) is 18.1 Å². The highest BCUT2D eigenvalue weighted by Gasteiger charge is 2.31. The Hall–Kier alpha value is -3.62. The van der Waals surface area contributed by atoms with Crippen molar-refractivity contribution in [2.24, 2.45) is 0 Å². The fourth-order valence-corrected chi connectivity index (χ4v) is 2.92. The van der Waals surface area contributed by atoms with Gasteiger partial charge in [0.15, 0.2) is 0 Å². The van der Waals surface area contributed by atoms with Crippen LogP contribution in [-0.2, 0) is 27.1 Å². The van der Waals surface area contributed by atoms with Gasteiger partial charge in [0.2, 0.25) is 0 Å². The third kappa shape index (κ3) is 5.50. The van der Waals surface area contributed by atoms with Gasteiger partial charge >= 0.3 is 18.2 Å². The lowest BCUT2D eigenvalue weighted by molar-refractivity contribution is -0.141. The molecule has 9 heteroatoms. The van der Waals surface area contributed by atoms with E-state index in [-0.39, 0.29) is 29.8 Å². The number of amides is 1. The minimum atomic E-state index is -4.58. The van der Waals surface area contributed by atoms with E-state index in [0.29, 0.717) is 5.56 Å². The third-order valence-corrected chi connectivity index (χ3v) is 4.35. The lowest BCUT2D eigenvalue weighted by atomic mass is 10.1. The Morgan fingerprint density at radius 1 is 1.03 bits per heavy atom. The molecule has 1 aromatic heterocycles. The highest BCUT2D eigenvalue weighted by molar-refractivity contribution is 6.02. The normalized spacial score (nSPS) is 11.2. The Kier molecular flexibility index (Phi) is 6.74. The molecule has 0 aliphatic heterocycles. The molecule has 3 aromatic rings. The molecule has 6 nitrogen and oxygen atoms in total. The molecule has 0 aliphatic rings. The van der Waals surface area contributed by atoms with Crippen molar-refractivity contribution >= 4 is 28.7 Å². The van der Waals surface area contributed by atoms with Gasteiger partial charge in [-0.2, -0.15) is 13.2 Å². The lowest BCUT2D eigenvalue weighted by Gasteiger charge is -2.23. The van der Waals surface area contributed by atoms with Crippen LogP contribution in [0.3, 0.4) is 0 Å². The summed E-state index contributed by atoms with van der Waals surface area (Å²) in [6, 6.07) is 13.2. The van der Waals surface area contributed by atoms with Crippen LogP contribution in [0.25, 0.3) is 10.9 Å². The molecule has 1 heterocycles. The minimum Gasteiger partial charge on any atom is -0.465 e. The molecule has 0 bridgehead atoms. The standard InChI is InChI=1S/C22H19F3N2O4/c1-2-30-20(28)13-27(21(29)31-14-15-6-4-3-5-7-15)19-10-11-26-18-9-8-16(12-17(18)19)22(23,24)25/h3-12H,2,13-14H2,1H3. The Morgan fingerprint density at radius 2 is 1.77 bits per heavy atom. The molecule has 0 radical (unpaired) electrons. The van der Waals surface area contributed by atoms with Gasteiger partial charge in [-0.1, -0.05) is 30.3 Å². The predicted molar refractivity (Wildman–Crippen MR) is 107 cm³/mol. The number of rotatable bonds is 6. The molecule has 0 N–H and O–H groups in total. The van der Waals surface area contributed by atoms with Crippen LogP contribution in [-0.4, -0.2) is 30.2 Å². The largest absolute Gasteiger partial charge is 0.465 e. The molecule has 0 atom stereocenters. The predicted octanol–water partition coefficient (Wildman–Crippen LogP) is 4.96. The van der Waals surface area contributed by atoms with Crippen LogP contribution in [0.5, 0.6) is 0 Å². The van der Waals surface area contributed by atoms with Crippen LogP contribution in [0.4, 0.5) is 23.7 Å². The first kappa shape index (κ1) is 22.1. The fourth-order valence-electron chi connectivity index (χ4n) is 2.92. The average molecular weight is 432 g/mol. The van der Waals surface area contributed by atoms with Crippen molar-refractivity contribution in [3.05, 3.63) is 71.9 Å². The second kappa shape index (κ2) is 9.46. The number of pyridine rings is 1. The van der Waals surface area contributed by atoms with Crippen molar-refractivity contribution in [3.63, 3.8) is 0 Å². The summed E-state index contributed by atoms with van der Waals surface area (Å²) in [6.07, 6.45) is -4.14. The molecule has 0 saturated heterocycles. The number of aromatic nitrogens is 1. The van der Waals surface area contributed by atoms with Crippen LogP contribution >= 0.6 is 0 Å². The number of carbonyl (C=O) groups is 2. The highest BCUT2D eigenvalue weighted by Crippen LogP contribution is 2.34. The van der Waals surface area contributed by atoms with Gasteiger partial charge in [-0.05, 0) is 36.8 Å². The number of benzene rings is 2. The first-order chi connectivity index (χ1) is 14.8. The van der Waals surface area contributed by atoms with Gasteiger partial charge in [0, 0.05) is 11.6 Å². The van der Waals surface area contributed by atoms with Crippen molar-refractivity contribution < 1.29 is 32.2 Å². The number of fused-ring (bicyclic) bond motifs is 1. The van der Waals surface area contributed by atoms with Crippen molar-refractivity contribution in [1.29, 1.82) is 0 Å². The molecule has 0 unspecified atom stereocenters. The number of alkyl halides is 3. The van der Waals surface area contributed by atoms with E-state index in [1.807, 2.05) is 0 Å². The SMILES string of the molecule is CCOC(=O)CN(C(=O)OCc1ccccc1)c1ccnc2ccc(C(F)(F)F)cc12. The van der Waals surface area contributed by atoms with E-state index >= 15 is 0 Å². The van der Waals surface area contributed by atoms with Crippen LogP contribution in [0, 0.1) is 0 Å². The lowest BCUT2D eigenvalue weighted by Crippen LogP contribution is -2.37. The summed E-state index contributed by atoms with van der Waals surface area (Å²) in [5, 5.41) is 0.0540. The van der Waals surface area contributed by atoms with Gasteiger partial charge in [0.1, 0.15) is 13.2 Å². The first-order valence-corrected chi connectivity index (χ1v) is 9.39. The summed E-state index contributed by atoms with van der Waals surface area (Å²) >= 11 is 0. The number of nitrogens with zero attached hydrogens (tertiary/aromatic N) is 2. The van der Waals surface area contributed by atoms with Crippen LogP contribution < -0.4 is 4.90 Å². The topological polar surface area (TPSA) is 68.7 Å². The van der Waals surface area contributed by atoms with Crippen molar-refractivity contribution in [3.8, 4) is 0 Å². The molecule has 2 aromatic carbocycles. The Balaban J connectivity index is 1.98. The van der Waals surface area contributed by atoms with E-state index in [2.05, 4.69) is 4.98 Å². The second-order valence-corrected chi connectivity index (χ2v) is 6.49. The summed E-state index contributed by atoms with van der Waals surface area (Å²) in [6.45, 7) is 1.08. The maximum Gasteiger partial charge on any atom is 0.416 e. The second-order valence-electron chi connectivity index (χ2n) is 6.49. The molecule has 3 rings (SSSR count). The Labute approximate surface area is 176 Å². The molecule has 1 amide bonds. The van der Waals surface area contributed by atoms with Crippen molar-refractivity contribution in [2.45, 2.75) is 19.7 Å². The average Bonchev–Trinajstić information content (AvgIpc) is 2.75. The number of carbonyl (C=O) groups excluding carboxylic acids is 2. The molecule has 0 fully saturated rings. The summed E-state index contributed by atoms with van der Waals surface area (Å²) in [4.78, 5) is 29.9. The zero-order valence-corrected chi connectivity index (χ0v) is 16.6. The Bertz CT molecular complexity index is 1070. The molecule has 31 heavy (non-hydrogen) atoms. The number of hydrogen-bond donors (Lipinski definition) is 0. The zero-order chi connectivity index (χ0) is 22.4. The highest BCUT2D eigenvalue weighted by atomic mass is 19.4. The van der Waals surface area contributed by atoms with E-state index in [0.717, 1.165) is 17.0 Å². The minimum absolute atomic E-state index is 0.0540. The summed E-state index contributed by atoms with van der Waals surface area (Å²) in [5.41, 5.74) is 0.103. The number of ether oxygens (including phenoxy) is 2. The van der Waals surface area contributed by atoms with Crippen molar-refractivity contribution in [1.82, 2.24) is 4.98 Å². The number of halogens is 3. The van der Waals surface area contributed by atoms with E-state index in [9.17, 15) is 22.8 Å². The van der Waals surface area contributed by atoms with Crippen LogP contribution in [0.15, 0.2) is 60.8 Å². The van der Waals surface area contributed by atoms with Gasteiger partial charge in [-0.25, -0.2) is 4.79 Å². The number of hydrogen-bond acceptors (Lipinski definition) is 5. The molecule has 0 aliphatic carbocycles. The Morgan fingerprint density at radius 3 is 2.45 bits per heavy atom. The number of anilines is 1. The first-order valence-electron chi connectivity index (χ1n) is 9.39. The maximum atomic E-state index is 13.2. The summed E-state index contributed by atoms with van der Waals surface area (Å²) in [5.74, 6) is -0.726. The van der Waals surface area contributed by atoms with E-state index in [4.69, 9.17) is 9.47 Å².